The zero-order chi connectivity index (χ0) is 15.8. The maximum absolute atomic E-state index is 12.1. The van der Waals surface area contributed by atoms with Gasteiger partial charge in [0.05, 0.1) is 19.7 Å². The van der Waals surface area contributed by atoms with Crippen LogP contribution in [0.3, 0.4) is 0 Å². The van der Waals surface area contributed by atoms with Crippen LogP contribution in [0, 0.1) is 17.2 Å². The summed E-state index contributed by atoms with van der Waals surface area (Å²) in [6.07, 6.45) is 0.529. The van der Waals surface area contributed by atoms with Gasteiger partial charge in [-0.1, -0.05) is 13.8 Å². The number of amides is 1. The number of esters is 1. The van der Waals surface area contributed by atoms with Crippen molar-refractivity contribution in [2.75, 3.05) is 33.3 Å². The van der Waals surface area contributed by atoms with Gasteiger partial charge in [-0.3, -0.25) is 9.69 Å². The van der Waals surface area contributed by atoms with Crippen molar-refractivity contribution in [2.24, 2.45) is 5.92 Å². The largest absolute Gasteiger partial charge is 0.467 e. The van der Waals surface area contributed by atoms with Crippen molar-refractivity contribution in [3.8, 4) is 6.07 Å². The Hall–Kier alpha value is -1.65. The summed E-state index contributed by atoms with van der Waals surface area (Å²) in [5.74, 6) is -0.428. The minimum atomic E-state index is -0.633. The van der Waals surface area contributed by atoms with E-state index in [1.165, 1.54) is 7.11 Å². The fraction of sp³-hybridized carbons (Fsp3) is 0.786. The molecule has 1 saturated heterocycles. The Balaban J connectivity index is 2.56. The molecule has 1 aliphatic rings. The van der Waals surface area contributed by atoms with Crippen LogP contribution < -0.4 is 10.6 Å². The third-order valence-corrected chi connectivity index (χ3v) is 3.38. The van der Waals surface area contributed by atoms with Crippen LogP contribution in [0.1, 0.15) is 20.3 Å². The summed E-state index contributed by atoms with van der Waals surface area (Å²) in [7, 11) is 1.31. The lowest BCUT2D eigenvalue weighted by atomic mass is 10.0. The smallest absolute Gasteiger partial charge is 0.328 e. The van der Waals surface area contributed by atoms with Crippen molar-refractivity contribution in [1.82, 2.24) is 15.5 Å². The fourth-order valence-electron chi connectivity index (χ4n) is 2.32. The molecule has 2 N–H and O–H groups in total. The van der Waals surface area contributed by atoms with Gasteiger partial charge in [0.25, 0.3) is 0 Å². The highest BCUT2D eigenvalue weighted by Gasteiger charge is 2.27. The molecule has 0 aromatic heterocycles. The molecular weight excluding hydrogens is 272 g/mol. The normalized spacial score (nSPS) is 20.6. The quantitative estimate of drug-likeness (QED) is 0.641. The number of hydrogen-bond donors (Lipinski definition) is 2. The summed E-state index contributed by atoms with van der Waals surface area (Å²) in [6, 6.07) is 1.22. The average molecular weight is 296 g/mol. The molecule has 0 aliphatic carbocycles. The zero-order valence-electron chi connectivity index (χ0n) is 12.9. The van der Waals surface area contributed by atoms with Gasteiger partial charge < -0.3 is 15.4 Å². The highest BCUT2D eigenvalue weighted by Crippen LogP contribution is 2.07. The monoisotopic (exact) mass is 296 g/mol. The number of carbonyl (C=O) groups excluding carboxylic acids is 2. The van der Waals surface area contributed by atoms with Crippen LogP contribution in [0.15, 0.2) is 0 Å². The maximum Gasteiger partial charge on any atom is 0.328 e. The summed E-state index contributed by atoms with van der Waals surface area (Å²) < 4.78 is 4.72. The number of nitrogens with one attached hydrogen (secondary N) is 2. The van der Waals surface area contributed by atoms with Gasteiger partial charge in [0.1, 0.15) is 12.1 Å². The van der Waals surface area contributed by atoms with Crippen LogP contribution in [0.4, 0.5) is 0 Å². The molecule has 118 valence electrons. The Morgan fingerprint density at radius 2 is 2.24 bits per heavy atom. The number of hydrogen-bond acceptors (Lipinski definition) is 6. The minimum Gasteiger partial charge on any atom is -0.467 e. The van der Waals surface area contributed by atoms with Crippen LogP contribution in [0.2, 0.25) is 0 Å². The maximum atomic E-state index is 12.1. The Morgan fingerprint density at radius 1 is 1.52 bits per heavy atom. The van der Waals surface area contributed by atoms with E-state index in [2.05, 4.69) is 16.7 Å². The van der Waals surface area contributed by atoms with Crippen LogP contribution >= 0.6 is 0 Å². The molecule has 2 atom stereocenters. The van der Waals surface area contributed by atoms with Gasteiger partial charge in [-0.15, -0.1) is 0 Å². The molecule has 0 aromatic carbocycles. The first kappa shape index (κ1) is 17.4. The SMILES string of the molecule is COC(=O)C(CC(C)C)NC(=O)CN1CCNCC1C#N. The zero-order valence-corrected chi connectivity index (χ0v) is 12.9. The van der Waals surface area contributed by atoms with E-state index in [0.717, 1.165) is 6.54 Å². The highest BCUT2D eigenvalue weighted by atomic mass is 16.5. The topological polar surface area (TPSA) is 94.5 Å². The third-order valence-electron chi connectivity index (χ3n) is 3.38. The first-order valence-corrected chi connectivity index (χ1v) is 7.19. The van der Waals surface area contributed by atoms with E-state index in [1.807, 2.05) is 18.7 Å². The second-order valence-electron chi connectivity index (χ2n) is 5.59. The van der Waals surface area contributed by atoms with Crippen molar-refractivity contribution < 1.29 is 14.3 Å². The number of carbonyl (C=O) groups is 2. The number of rotatable bonds is 6. The van der Waals surface area contributed by atoms with Crippen LogP contribution in [0.5, 0.6) is 0 Å². The van der Waals surface area contributed by atoms with Crippen LogP contribution in [-0.4, -0.2) is 62.1 Å². The van der Waals surface area contributed by atoms with Gasteiger partial charge in [0.15, 0.2) is 0 Å². The van der Waals surface area contributed by atoms with E-state index in [0.29, 0.717) is 19.5 Å². The average Bonchev–Trinajstić information content (AvgIpc) is 2.45. The molecule has 2 unspecified atom stereocenters. The lowest BCUT2D eigenvalue weighted by Gasteiger charge is -2.31. The molecule has 0 saturated carbocycles. The Bertz CT molecular complexity index is 406. The Morgan fingerprint density at radius 3 is 2.81 bits per heavy atom. The predicted octanol–water partition coefficient (Wildman–Crippen LogP) is -0.512. The fourth-order valence-corrected chi connectivity index (χ4v) is 2.32. The number of nitrogens with zero attached hydrogens (tertiary/aromatic N) is 2. The molecule has 0 radical (unpaired) electrons. The molecule has 1 aliphatic heterocycles. The van der Waals surface area contributed by atoms with Crippen molar-refractivity contribution in [2.45, 2.75) is 32.4 Å². The predicted molar refractivity (Wildman–Crippen MR) is 77.2 cm³/mol. The summed E-state index contributed by atoms with van der Waals surface area (Å²) in [5.41, 5.74) is 0. The van der Waals surface area contributed by atoms with Crippen LogP contribution in [-0.2, 0) is 14.3 Å². The molecule has 7 nitrogen and oxygen atoms in total. The van der Waals surface area contributed by atoms with E-state index in [9.17, 15) is 9.59 Å². The lowest BCUT2D eigenvalue weighted by molar-refractivity contribution is -0.145. The van der Waals surface area contributed by atoms with Gasteiger partial charge in [0, 0.05) is 19.6 Å². The molecular formula is C14H24N4O3. The number of methoxy groups -OCH3 is 1. The van der Waals surface area contributed by atoms with E-state index in [4.69, 9.17) is 10.00 Å². The summed E-state index contributed by atoms with van der Waals surface area (Å²) in [5, 5.41) is 14.9. The van der Waals surface area contributed by atoms with Gasteiger partial charge in [-0.25, -0.2) is 4.79 Å². The molecule has 1 heterocycles. The second-order valence-corrected chi connectivity index (χ2v) is 5.59. The van der Waals surface area contributed by atoms with Gasteiger partial charge in [0.2, 0.25) is 5.91 Å². The molecule has 1 fully saturated rings. The summed E-state index contributed by atoms with van der Waals surface area (Å²) in [4.78, 5) is 25.6. The lowest BCUT2D eigenvalue weighted by Crippen LogP contribution is -2.54. The standard InChI is InChI=1S/C14H24N4O3/c1-10(2)6-12(14(20)21-3)17-13(19)9-18-5-4-16-8-11(18)7-15/h10-12,16H,4-6,8-9H2,1-3H3,(H,17,19). The van der Waals surface area contributed by atoms with E-state index in [1.54, 1.807) is 0 Å². The summed E-state index contributed by atoms with van der Waals surface area (Å²) >= 11 is 0. The first-order chi connectivity index (χ1) is 9.97. The molecule has 0 bridgehead atoms. The number of piperazine rings is 1. The molecule has 0 spiro atoms. The summed E-state index contributed by atoms with van der Waals surface area (Å²) in [6.45, 7) is 6.01. The van der Waals surface area contributed by atoms with E-state index < -0.39 is 12.0 Å². The molecule has 21 heavy (non-hydrogen) atoms. The second kappa shape index (κ2) is 8.60. The van der Waals surface area contributed by atoms with Crippen molar-refractivity contribution in [3.05, 3.63) is 0 Å². The van der Waals surface area contributed by atoms with Crippen LogP contribution in [0.25, 0.3) is 0 Å². The van der Waals surface area contributed by atoms with E-state index >= 15 is 0 Å². The molecule has 0 aromatic rings. The van der Waals surface area contributed by atoms with Gasteiger partial charge >= 0.3 is 5.97 Å². The van der Waals surface area contributed by atoms with Gasteiger partial charge in [-0.2, -0.15) is 5.26 Å². The molecule has 7 heteroatoms. The molecule has 1 amide bonds. The Labute approximate surface area is 125 Å². The van der Waals surface area contributed by atoms with E-state index in [-0.39, 0.29) is 24.4 Å². The molecule has 1 rings (SSSR count). The number of ether oxygens (including phenoxy) is 1. The minimum absolute atomic E-state index is 0.117. The first-order valence-electron chi connectivity index (χ1n) is 7.19. The van der Waals surface area contributed by atoms with Crippen molar-refractivity contribution >= 4 is 11.9 Å². The van der Waals surface area contributed by atoms with Crippen molar-refractivity contribution in [3.63, 3.8) is 0 Å². The van der Waals surface area contributed by atoms with Gasteiger partial charge in [-0.05, 0) is 12.3 Å². The van der Waals surface area contributed by atoms with Crippen molar-refractivity contribution in [1.29, 1.82) is 5.26 Å². The highest BCUT2D eigenvalue weighted by molar-refractivity contribution is 5.85. The Kier molecular flexibility index (Phi) is 7.12. The number of nitriles is 1. The third kappa shape index (κ3) is 5.69.